The van der Waals surface area contributed by atoms with Gasteiger partial charge in [-0.3, -0.25) is 4.79 Å². The minimum Gasteiger partial charge on any atom is -0.298 e. The maximum atomic E-state index is 10.5. The predicted molar refractivity (Wildman–Crippen MR) is 50.9 cm³/mol. The van der Waals surface area contributed by atoms with Crippen molar-refractivity contribution in [1.29, 1.82) is 0 Å². The number of rotatable bonds is 3. The third-order valence-corrected chi connectivity index (χ3v) is 3.79. The average molecular weight is 186 g/mol. The molecule has 0 N–H and O–H groups in total. The highest BCUT2D eigenvalue weighted by atomic mass is 32.2. The van der Waals surface area contributed by atoms with Gasteiger partial charge in [0.2, 0.25) is 0 Å². The summed E-state index contributed by atoms with van der Waals surface area (Å²) in [6.45, 7) is 2.08. The fourth-order valence-corrected chi connectivity index (χ4v) is 2.87. The van der Waals surface area contributed by atoms with Gasteiger partial charge in [-0.15, -0.1) is 23.1 Å². The van der Waals surface area contributed by atoms with Gasteiger partial charge in [0.1, 0.15) is 0 Å². The first-order valence-electron chi connectivity index (χ1n) is 3.43. The Balaban J connectivity index is 3.08. The van der Waals surface area contributed by atoms with Crippen molar-refractivity contribution in [3.05, 3.63) is 16.5 Å². The van der Waals surface area contributed by atoms with Crippen LogP contribution in [0.1, 0.15) is 22.8 Å². The molecule has 3 heteroatoms. The molecule has 1 rings (SSSR count). The first-order chi connectivity index (χ1) is 5.33. The lowest BCUT2D eigenvalue weighted by molar-refractivity contribution is 0.112. The normalized spacial score (nSPS) is 10.0. The van der Waals surface area contributed by atoms with E-state index in [9.17, 15) is 4.79 Å². The van der Waals surface area contributed by atoms with Crippen LogP contribution in [0.5, 0.6) is 0 Å². The van der Waals surface area contributed by atoms with Gasteiger partial charge in [-0.2, -0.15) is 0 Å². The SMILES string of the molecule is CCc1c(C=O)csc1SC. The molecule has 0 amide bonds. The number of carbonyl (C=O) groups is 1. The third-order valence-electron chi connectivity index (χ3n) is 1.55. The van der Waals surface area contributed by atoms with Crippen molar-refractivity contribution in [2.75, 3.05) is 6.26 Å². The van der Waals surface area contributed by atoms with Crippen molar-refractivity contribution in [2.45, 2.75) is 17.6 Å². The van der Waals surface area contributed by atoms with Crippen LogP contribution in [0.3, 0.4) is 0 Å². The molecule has 0 fully saturated rings. The number of thiophene rings is 1. The summed E-state index contributed by atoms with van der Waals surface area (Å²) >= 11 is 3.37. The number of hydrogen-bond donors (Lipinski definition) is 0. The quantitative estimate of drug-likeness (QED) is 0.533. The summed E-state index contributed by atoms with van der Waals surface area (Å²) in [6, 6.07) is 0. The van der Waals surface area contributed by atoms with Crippen LogP contribution in [-0.2, 0) is 6.42 Å². The molecule has 0 radical (unpaired) electrons. The molecule has 11 heavy (non-hydrogen) atoms. The molecular formula is C8H10OS2. The Morgan fingerprint density at radius 3 is 2.91 bits per heavy atom. The fourth-order valence-electron chi connectivity index (χ4n) is 0.996. The van der Waals surface area contributed by atoms with Gasteiger partial charge in [0.05, 0.1) is 4.21 Å². The largest absolute Gasteiger partial charge is 0.298 e. The Bertz CT molecular complexity index is 253. The van der Waals surface area contributed by atoms with E-state index in [1.165, 1.54) is 9.77 Å². The van der Waals surface area contributed by atoms with E-state index >= 15 is 0 Å². The van der Waals surface area contributed by atoms with Gasteiger partial charge in [0.15, 0.2) is 6.29 Å². The molecule has 0 saturated carbocycles. The van der Waals surface area contributed by atoms with Crippen molar-refractivity contribution in [1.82, 2.24) is 0 Å². The molecule has 1 nitrogen and oxygen atoms in total. The Morgan fingerprint density at radius 2 is 2.45 bits per heavy atom. The smallest absolute Gasteiger partial charge is 0.151 e. The second-order valence-electron chi connectivity index (χ2n) is 2.13. The van der Waals surface area contributed by atoms with E-state index in [0.29, 0.717) is 0 Å². The van der Waals surface area contributed by atoms with Crippen LogP contribution in [0.2, 0.25) is 0 Å². The molecule has 1 aromatic heterocycles. The van der Waals surface area contributed by atoms with Gasteiger partial charge in [-0.05, 0) is 18.2 Å². The van der Waals surface area contributed by atoms with Gasteiger partial charge >= 0.3 is 0 Å². The minimum absolute atomic E-state index is 0.863. The highest BCUT2D eigenvalue weighted by Gasteiger charge is 2.07. The number of hydrogen-bond acceptors (Lipinski definition) is 3. The Labute approximate surface area is 74.8 Å². The molecule has 0 aliphatic rings. The van der Waals surface area contributed by atoms with Crippen LogP contribution in [0.4, 0.5) is 0 Å². The third kappa shape index (κ3) is 1.65. The van der Waals surface area contributed by atoms with Crippen molar-refractivity contribution in [3.63, 3.8) is 0 Å². The van der Waals surface area contributed by atoms with Crippen LogP contribution in [-0.4, -0.2) is 12.5 Å². The fraction of sp³-hybridized carbons (Fsp3) is 0.375. The number of carbonyl (C=O) groups excluding carboxylic acids is 1. The summed E-state index contributed by atoms with van der Waals surface area (Å²) in [5.41, 5.74) is 2.07. The zero-order valence-corrected chi connectivity index (χ0v) is 8.22. The van der Waals surface area contributed by atoms with Gasteiger partial charge in [0, 0.05) is 10.9 Å². The summed E-state index contributed by atoms with van der Waals surface area (Å²) in [5, 5.41) is 1.93. The van der Waals surface area contributed by atoms with E-state index in [4.69, 9.17) is 0 Å². The Hall–Kier alpha value is -0.280. The second kappa shape index (κ2) is 3.93. The lowest BCUT2D eigenvalue weighted by Crippen LogP contribution is -1.84. The van der Waals surface area contributed by atoms with Crippen molar-refractivity contribution in [2.24, 2.45) is 0 Å². The lowest BCUT2D eigenvalue weighted by atomic mass is 10.2. The van der Waals surface area contributed by atoms with Crippen LogP contribution < -0.4 is 0 Å². The standard InChI is InChI=1S/C8H10OS2/c1-3-7-6(4-9)5-11-8(7)10-2/h4-5H,3H2,1-2H3. The molecule has 0 bridgehead atoms. The number of aldehydes is 1. The zero-order valence-electron chi connectivity index (χ0n) is 6.59. The van der Waals surface area contributed by atoms with Crippen LogP contribution in [0.25, 0.3) is 0 Å². The average Bonchev–Trinajstić information content (AvgIpc) is 2.45. The summed E-state index contributed by atoms with van der Waals surface area (Å²) in [4.78, 5) is 10.5. The summed E-state index contributed by atoms with van der Waals surface area (Å²) in [7, 11) is 0. The molecule has 1 aromatic rings. The van der Waals surface area contributed by atoms with Crippen molar-refractivity contribution < 1.29 is 4.79 Å². The van der Waals surface area contributed by atoms with Gasteiger partial charge in [0.25, 0.3) is 0 Å². The molecule has 1 heterocycles. The molecule has 0 unspecified atom stereocenters. The molecule has 60 valence electrons. The highest BCUT2D eigenvalue weighted by molar-refractivity contribution is 8.00. The molecule has 0 aliphatic carbocycles. The Morgan fingerprint density at radius 1 is 1.73 bits per heavy atom. The van der Waals surface area contributed by atoms with Crippen LogP contribution >= 0.6 is 23.1 Å². The predicted octanol–water partition coefficient (Wildman–Crippen LogP) is 2.84. The van der Waals surface area contributed by atoms with E-state index < -0.39 is 0 Å². The minimum atomic E-state index is 0.863. The van der Waals surface area contributed by atoms with Crippen LogP contribution in [0.15, 0.2) is 9.59 Å². The van der Waals surface area contributed by atoms with Crippen molar-refractivity contribution in [3.8, 4) is 0 Å². The van der Waals surface area contributed by atoms with E-state index in [2.05, 4.69) is 6.92 Å². The van der Waals surface area contributed by atoms with E-state index in [0.717, 1.165) is 18.3 Å². The van der Waals surface area contributed by atoms with E-state index in [-0.39, 0.29) is 0 Å². The molecule has 0 aromatic carbocycles. The van der Waals surface area contributed by atoms with Gasteiger partial charge in [-0.25, -0.2) is 0 Å². The maximum Gasteiger partial charge on any atom is 0.151 e. The maximum absolute atomic E-state index is 10.5. The first kappa shape index (κ1) is 8.81. The molecular weight excluding hydrogens is 176 g/mol. The topological polar surface area (TPSA) is 17.1 Å². The summed E-state index contributed by atoms with van der Waals surface area (Å²) in [5.74, 6) is 0. The monoisotopic (exact) mass is 186 g/mol. The molecule has 0 spiro atoms. The van der Waals surface area contributed by atoms with Crippen molar-refractivity contribution >= 4 is 29.4 Å². The summed E-state index contributed by atoms with van der Waals surface area (Å²) < 4.78 is 1.27. The summed E-state index contributed by atoms with van der Waals surface area (Å²) in [6.07, 6.45) is 3.93. The van der Waals surface area contributed by atoms with Gasteiger partial charge in [-0.1, -0.05) is 6.92 Å². The molecule has 0 saturated heterocycles. The second-order valence-corrected chi connectivity index (χ2v) is 4.09. The lowest BCUT2D eigenvalue weighted by Gasteiger charge is -1.95. The van der Waals surface area contributed by atoms with E-state index in [1.807, 2.05) is 11.6 Å². The highest BCUT2D eigenvalue weighted by Crippen LogP contribution is 2.29. The zero-order chi connectivity index (χ0) is 8.27. The van der Waals surface area contributed by atoms with Gasteiger partial charge < -0.3 is 0 Å². The van der Waals surface area contributed by atoms with E-state index in [1.54, 1.807) is 23.1 Å². The Kier molecular flexibility index (Phi) is 3.15. The molecule has 0 atom stereocenters. The molecule has 0 aliphatic heterocycles. The first-order valence-corrected chi connectivity index (χ1v) is 5.53. The van der Waals surface area contributed by atoms with Crippen LogP contribution in [0, 0.1) is 0 Å². The number of thioether (sulfide) groups is 1.